The molecule has 0 atom stereocenters. The standard InChI is InChI=1S/C32H33N2O2S/c1-31(2)11-12-32(3,4)27-15-28-23(14-26(27)31)29-25(19-37-28)24(21-7-9-22(10-8-21)30(35)36)18-34(29)17-20-6-5-13-33-16-20/h5-10,13-16,18,37H,11-12,17,19H2,1-4H3,(H,35,36). The van der Waals surface area contributed by atoms with Crippen LogP contribution < -0.4 is 0 Å². The topological polar surface area (TPSA) is 55.1 Å². The first-order chi connectivity index (χ1) is 17.6. The highest BCUT2D eigenvalue weighted by Gasteiger charge is 2.39. The fraction of sp³-hybridized carbons (Fsp3) is 0.312. The zero-order valence-electron chi connectivity index (χ0n) is 21.9. The molecule has 0 fully saturated rings. The van der Waals surface area contributed by atoms with Crippen molar-refractivity contribution in [2.45, 2.75) is 68.6 Å². The first-order valence-corrected chi connectivity index (χ1v) is 14.0. The molecule has 0 saturated heterocycles. The number of pyridine rings is 1. The van der Waals surface area contributed by atoms with Crippen LogP contribution in [0.15, 0.2) is 72.0 Å². The minimum Gasteiger partial charge on any atom is -0.478 e. The first-order valence-electron chi connectivity index (χ1n) is 13.0. The van der Waals surface area contributed by atoms with Crippen LogP contribution in [0.2, 0.25) is 0 Å². The number of rotatable bonds is 4. The summed E-state index contributed by atoms with van der Waals surface area (Å²) >= 11 is 1.32. The molecule has 3 heterocycles. The minimum absolute atomic E-state index is 0.144. The molecule has 0 spiro atoms. The molecule has 1 aliphatic carbocycles. The fourth-order valence-electron chi connectivity index (χ4n) is 6.02. The molecule has 1 radical (unpaired) electrons. The lowest BCUT2D eigenvalue weighted by Crippen LogP contribution is -2.34. The number of carboxylic acid groups (broad SMARTS) is 1. The molecule has 5 heteroatoms. The molecule has 0 bridgehead atoms. The molecule has 189 valence electrons. The van der Waals surface area contributed by atoms with Gasteiger partial charge < -0.3 is 9.67 Å². The van der Waals surface area contributed by atoms with Gasteiger partial charge in [-0.1, -0.05) is 45.9 Å². The van der Waals surface area contributed by atoms with E-state index < -0.39 is 5.97 Å². The molecule has 6 rings (SSSR count). The number of carboxylic acids is 1. The third kappa shape index (κ3) is 4.10. The fourth-order valence-corrected chi connectivity index (χ4v) is 7.23. The summed E-state index contributed by atoms with van der Waals surface area (Å²) < 4.78 is 2.38. The summed E-state index contributed by atoms with van der Waals surface area (Å²) in [5.41, 5.74) is 11.0. The third-order valence-corrected chi connectivity index (χ3v) is 9.52. The minimum atomic E-state index is -0.898. The molecular weight excluding hydrogens is 476 g/mol. The van der Waals surface area contributed by atoms with Crippen LogP contribution in [-0.2, 0) is 23.1 Å². The molecule has 2 aromatic carbocycles. The van der Waals surface area contributed by atoms with Gasteiger partial charge in [0.15, 0.2) is 0 Å². The number of aromatic nitrogens is 2. The van der Waals surface area contributed by atoms with Crippen molar-refractivity contribution in [2.24, 2.45) is 0 Å². The van der Waals surface area contributed by atoms with Gasteiger partial charge in [0, 0.05) is 46.9 Å². The van der Waals surface area contributed by atoms with E-state index in [4.69, 9.17) is 0 Å². The Morgan fingerprint density at radius 3 is 2.35 bits per heavy atom. The van der Waals surface area contributed by atoms with Crippen molar-refractivity contribution in [3.8, 4) is 22.4 Å². The second-order valence-electron chi connectivity index (χ2n) is 11.7. The Labute approximate surface area is 222 Å². The number of fused-ring (bicyclic) bond motifs is 4. The Bertz CT molecular complexity index is 1510. The predicted molar refractivity (Wildman–Crippen MR) is 152 cm³/mol. The van der Waals surface area contributed by atoms with Gasteiger partial charge in [0.1, 0.15) is 0 Å². The summed E-state index contributed by atoms with van der Waals surface area (Å²) in [6.07, 6.45) is 8.41. The maximum atomic E-state index is 11.4. The quantitative estimate of drug-likeness (QED) is 0.278. The number of benzene rings is 2. The maximum Gasteiger partial charge on any atom is 0.335 e. The van der Waals surface area contributed by atoms with E-state index in [9.17, 15) is 9.90 Å². The van der Waals surface area contributed by atoms with Gasteiger partial charge in [-0.05, 0) is 81.8 Å². The van der Waals surface area contributed by atoms with Gasteiger partial charge in [-0.15, -0.1) is 0 Å². The zero-order valence-corrected chi connectivity index (χ0v) is 22.8. The molecule has 0 saturated carbocycles. The molecule has 2 aromatic heterocycles. The number of thiol groups is 1. The third-order valence-electron chi connectivity index (χ3n) is 8.33. The van der Waals surface area contributed by atoms with E-state index in [0.29, 0.717) is 5.56 Å². The lowest BCUT2D eigenvalue weighted by molar-refractivity contribution is 0.0697. The molecule has 37 heavy (non-hydrogen) atoms. The van der Waals surface area contributed by atoms with Crippen LogP contribution in [0.1, 0.15) is 73.1 Å². The van der Waals surface area contributed by atoms with E-state index in [1.165, 1.54) is 63.0 Å². The zero-order chi connectivity index (χ0) is 25.9. The van der Waals surface area contributed by atoms with E-state index in [0.717, 1.165) is 23.4 Å². The van der Waals surface area contributed by atoms with Crippen LogP contribution in [0.4, 0.5) is 0 Å². The Kier molecular flexibility index (Phi) is 5.61. The van der Waals surface area contributed by atoms with Gasteiger partial charge in [-0.3, -0.25) is 4.98 Å². The Morgan fingerprint density at radius 2 is 1.70 bits per heavy atom. The molecular formula is C32H33N2O2S. The van der Waals surface area contributed by atoms with E-state index in [2.05, 4.69) is 61.6 Å². The van der Waals surface area contributed by atoms with Crippen molar-refractivity contribution in [3.05, 3.63) is 94.9 Å². The number of hydrogen-bond acceptors (Lipinski definition) is 2. The van der Waals surface area contributed by atoms with Crippen LogP contribution in [0.5, 0.6) is 0 Å². The van der Waals surface area contributed by atoms with Gasteiger partial charge in [0.05, 0.1) is 11.3 Å². The smallest absolute Gasteiger partial charge is 0.335 e. The summed E-state index contributed by atoms with van der Waals surface area (Å²) in [7, 11) is 0. The number of carbonyl (C=O) groups is 1. The van der Waals surface area contributed by atoms with Crippen LogP contribution in [-0.4, -0.2) is 20.6 Å². The lowest BCUT2D eigenvalue weighted by Gasteiger charge is -2.43. The summed E-state index contributed by atoms with van der Waals surface area (Å²) in [6.45, 7) is 10.3. The highest BCUT2D eigenvalue weighted by atomic mass is 32.2. The SMILES string of the molecule is CC1(C)CCC(C)(C)c2cc3c(cc21)[SH]Cc1c(-c2ccc(C(=O)O)cc2)cn(Cc2cccnc2)c1-3. The summed E-state index contributed by atoms with van der Waals surface area (Å²) in [5.74, 6) is 0.0477. The van der Waals surface area contributed by atoms with Crippen molar-refractivity contribution in [1.82, 2.24) is 9.55 Å². The number of hydrogen-bond donors (Lipinski definition) is 2. The highest BCUT2D eigenvalue weighted by Crippen LogP contribution is 2.53. The second kappa shape index (κ2) is 8.63. The van der Waals surface area contributed by atoms with Gasteiger partial charge in [-0.25, -0.2) is 4.79 Å². The van der Waals surface area contributed by atoms with E-state index in [-0.39, 0.29) is 10.8 Å². The molecule has 1 aliphatic heterocycles. The molecule has 4 nitrogen and oxygen atoms in total. The maximum absolute atomic E-state index is 11.4. The van der Waals surface area contributed by atoms with Crippen LogP contribution in [0.3, 0.4) is 0 Å². The molecule has 2 aliphatic rings. The van der Waals surface area contributed by atoms with E-state index in [1.54, 1.807) is 12.1 Å². The van der Waals surface area contributed by atoms with Crippen LogP contribution >= 0.6 is 11.8 Å². The van der Waals surface area contributed by atoms with Crippen molar-refractivity contribution >= 4 is 17.7 Å². The van der Waals surface area contributed by atoms with Gasteiger partial charge in [0.2, 0.25) is 0 Å². The van der Waals surface area contributed by atoms with Crippen LogP contribution in [0, 0.1) is 0 Å². The normalized spacial score (nSPS) is 17.0. The monoisotopic (exact) mass is 509 g/mol. The average molecular weight is 510 g/mol. The summed E-state index contributed by atoms with van der Waals surface area (Å²) in [4.78, 5) is 17.2. The van der Waals surface area contributed by atoms with Crippen molar-refractivity contribution < 1.29 is 9.90 Å². The molecule has 4 aromatic rings. The molecule has 1 N–H and O–H groups in total. The Hall–Kier alpha value is -3.31. The Balaban J connectivity index is 1.56. The second-order valence-corrected chi connectivity index (χ2v) is 12.9. The molecule has 0 unspecified atom stereocenters. The number of nitrogens with zero attached hydrogens (tertiary/aromatic N) is 2. The van der Waals surface area contributed by atoms with Gasteiger partial charge in [0.25, 0.3) is 0 Å². The summed E-state index contributed by atoms with van der Waals surface area (Å²) in [5, 5.41) is 9.38. The largest absolute Gasteiger partial charge is 0.478 e. The lowest BCUT2D eigenvalue weighted by atomic mass is 9.63. The first kappa shape index (κ1) is 24.1. The van der Waals surface area contributed by atoms with Gasteiger partial charge in [-0.2, -0.15) is 11.8 Å². The predicted octanol–water partition coefficient (Wildman–Crippen LogP) is 7.65. The van der Waals surface area contributed by atoms with Gasteiger partial charge >= 0.3 is 5.97 Å². The van der Waals surface area contributed by atoms with Crippen LogP contribution in [0.25, 0.3) is 22.4 Å². The van der Waals surface area contributed by atoms with Crippen molar-refractivity contribution in [1.29, 1.82) is 0 Å². The summed E-state index contributed by atoms with van der Waals surface area (Å²) in [6, 6.07) is 16.4. The molecule has 0 amide bonds. The van der Waals surface area contributed by atoms with Crippen molar-refractivity contribution in [2.75, 3.05) is 0 Å². The van der Waals surface area contributed by atoms with E-state index in [1.807, 2.05) is 30.6 Å². The number of aromatic carboxylic acids is 1. The average Bonchev–Trinajstić information content (AvgIpc) is 3.25. The Morgan fingerprint density at radius 1 is 1.00 bits per heavy atom. The highest BCUT2D eigenvalue weighted by molar-refractivity contribution is 7.98. The van der Waals surface area contributed by atoms with Crippen molar-refractivity contribution in [3.63, 3.8) is 0 Å². The van der Waals surface area contributed by atoms with E-state index >= 15 is 0 Å².